The fourth-order valence-corrected chi connectivity index (χ4v) is 3.81. The number of pyridine rings is 2. The van der Waals surface area contributed by atoms with E-state index < -0.39 is 0 Å². The standard InChI is InChI=1S/C26H22ClN3O/c1-17-9-18(2)11-21(10-17)22-13-24(25(29-16-22)20-6-4-8-28-15-20)26(31)30-14-19-5-3-7-23(27)12-19/h3-13,15-16H,14H2,1-2H3,(H,30,31). The molecule has 0 fully saturated rings. The number of halogens is 1. The van der Waals surface area contributed by atoms with Gasteiger partial charge in [-0.05, 0) is 55.3 Å². The normalized spacial score (nSPS) is 10.7. The summed E-state index contributed by atoms with van der Waals surface area (Å²) in [5.41, 5.74) is 7.09. The first-order chi connectivity index (χ1) is 15.0. The van der Waals surface area contributed by atoms with Crippen LogP contribution in [-0.2, 0) is 6.54 Å². The first-order valence-electron chi connectivity index (χ1n) is 10.0. The smallest absolute Gasteiger partial charge is 0.253 e. The largest absolute Gasteiger partial charge is 0.348 e. The van der Waals surface area contributed by atoms with Gasteiger partial charge in [-0.2, -0.15) is 0 Å². The fourth-order valence-electron chi connectivity index (χ4n) is 3.59. The van der Waals surface area contributed by atoms with Crippen LogP contribution in [0.2, 0.25) is 5.02 Å². The van der Waals surface area contributed by atoms with Crippen molar-refractivity contribution in [3.63, 3.8) is 0 Å². The Morgan fingerprint density at radius 1 is 0.903 bits per heavy atom. The SMILES string of the molecule is Cc1cc(C)cc(-c2cnc(-c3cccnc3)c(C(=O)NCc3cccc(Cl)c3)c2)c1. The van der Waals surface area contributed by atoms with Gasteiger partial charge in [0.15, 0.2) is 0 Å². The first-order valence-corrected chi connectivity index (χ1v) is 10.4. The molecule has 154 valence electrons. The Labute approximate surface area is 187 Å². The Kier molecular flexibility index (Phi) is 6.10. The predicted octanol–water partition coefficient (Wildman–Crippen LogP) is 6.01. The molecule has 4 nitrogen and oxygen atoms in total. The Morgan fingerprint density at radius 3 is 2.42 bits per heavy atom. The van der Waals surface area contributed by atoms with E-state index in [1.807, 2.05) is 48.7 Å². The zero-order valence-electron chi connectivity index (χ0n) is 17.4. The average molecular weight is 428 g/mol. The molecule has 2 heterocycles. The fraction of sp³-hybridized carbons (Fsp3) is 0.115. The van der Waals surface area contributed by atoms with Crippen LogP contribution in [0.5, 0.6) is 0 Å². The van der Waals surface area contributed by atoms with Crippen molar-refractivity contribution in [2.24, 2.45) is 0 Å². The molecule has 0 unspecified atom stereocenters. The molecule has 4 rings (SSSR count). The van der Waals surface area contributed by atoms with Crippen LogP contribution in [0.25, 0.3) is 22.4 Å². The van der Waals surface area contributed by atoms with Crippen LogP contribution in [0.1, 0.15) is 27.0 Å². The average Bonchev–Trinajstić information content (AvgIpc) is 2.77. The summed E-state index contributed by atoms with van der Waals surface area (Å²) in [4.78, 5) is 22.0. The molecule has 0 aliphatic carbocycles. The number of aryl methyl sites for hydroxylation is 2. The number of aromatic nitrogens is 2. The number of nitrogens with zero attached hydrogens (tertiary/aromatic N) is 2. The van der Waals surface area contributed by atoms with E-state index in [1.165, 1.54) is 11.1 Å². The van der Waals surface area contributed by atoms with Crippen LogP contribution < -0.4 is 5.32 Å². The maximum Gasteiger partial charge on any atom is 0.253 e. The van der Waals surface area contributed by atoms with Gasteiger partial charge < -0.3 is 5.32 Å². The minimum atomic E-state index is -0.197. The highest BCUT2D eigenvalue weighted by molar-refractivity contribution is 6.30. The highest BCUT2D eigenvalue weighted by Crippen LogP contribution is 2.28. The zero-order valence-corrected chi connectivity index (χ0v) is 18.1. The quantitative estimate of drug-likeness (QED) is 0.424. The van der Waals surface area contributed by atoms with Crippen molar-refractivity contribution in [3.05, 3.63) is 107 Å². The minimum Gasteiger partial charge on any atom is -0.348 e. The van der Waals surface area contributed by atoms with Crippen molar-refractivity contribution in [3.8, 4) is 22.4 Å². The summed E-state index contributed by atoms with van der Waals surface area (Å²) < 4.78 is 0. The van der Waals surface area contributed by atoms with E-state index >= 15 is 0 Å². The Bertz CT molecular complexity index is 1220. The number of amides is 1. The summed E-state index contributed by atoms with van der Waals surface area (Å²) in [5, 5.41) is 3.64. The summed E-state index contributed by atoms with van der Waals surface area (Å²) in [7, 11) is 0. The maximum absolute atomic E-state index is 13.2. The summed E-state index contributed by atoms with van der Waals surface area (Å²) in [6.45, 7) is 4.50. The lowest BCUT2D eigenvalue weighted by atomic mass is 9.98. The monoisotopic (exact) mass is 427 g/mol. The van der Waals surface area contributed by atoms with Crippen molar-refractivity contribution >= 4 is 17.5 Å². The van der Waals surface area contributed by atoms with E-state index in [0.717, 1.165) is 22.3 Å². The number of hydrogen-bond acceptors (Lipinski definition) is 3. The van der Waals surface area contributed by atoms with E-state index in [9.17, 15) is 4.79 Å². The molecule has 0 spiro atoms. The highest BCUT2D eigenvalue weighted by atomic mass is 35.5. The third kappa shape index (κ3) is 4.98. The number of hydrogen-bond donors (Lipinski definition) is 1. The third-order valence-electron chi connectivity index (χ3n) is 4.96. The number of rotatable bonds is 5. The summed E-state index contributed by atoms with van der Waals surface area (Å²) >= 11 is 6.07. The van der Waals surface area contributed by atoms with Crippen LogP contribution in [0.3, 0.4) is 0 Å². The van der Waals surface area contributed by atoms with Crippen molar-refractivity contribution in [1.82, 2.24) is 15.3 Å². The molecule has 0 atom stereocenters. The van der Waals surface area contributed by atoms with Gasteiger partial charge in [0.2, 0.25) is 0 Å². The molecular weight excluding hydrogens is 406 g/mol. The number of benzene rings is 2. The van der Waals surface area contributed by atoms with Crippen LogP contribution in [0.4, 0.5) is 0 Å². The lowest BCUT2D eigenvalue weighted by molar-refractivity contribution is 0.0951. The van der Waals surface area contributed by atoms with Crippen molar-refractivity contribution in [2.75, 3.05) is 0 Å². The maximum atomic E-state index is 13.2. The predicted molar refractivity (Wildman–Crippen MR) is 125 cm³/mol. The first kappa shape index (κ1) is 20.8. The van der Waals surface area contributed by atoms with Crippen LogP contribution >= 0.6 is 11.6 Å². The molecular formula is C26H22ClN3O. The molecule has 0 saturated heterocycles. The number of carbonyl (C=O) groups excluding carboxylic acids is 1. The molecule has 5 heteroatoms. The number of nitrogens with one attached hydrogen (secondary N) is 1. The van der Waals surface area contributed by atoms with E-state index in [1.54, 1.807) is 12.4 Å². The van der Waals surface area contributed by atoms with Gasteiger partial charge in [0.1, 0.15) is 0 Å². The van der Waals surface area contributed by atoms with Gasteiger partial charge in [0.25, 0.3) is 5.91 Å². The lowest BCUT2D eigenvalue weighted by Gasteiger charge is -2.13. The molecule has 0 aliphatic heterocycles. The molecule has 1 N–H and O–H groups in total. The molecule has 2 aromatic carbocycles. The molecule has 0 saturated carbocycles. The second kappa shape index (κ2) is 9.11. The molecule has 2 aromatic heterocycles. The summed E-state index contributed by atoms with van der Waals surface area (Å²) in [6.07, 6.45) is 5.23. The van der Waals surface area contributed by atoms with Gasteiger partial charge >= 0.3 is 0 Å². The molecule has 1 amide bonds. The lowest BCUT2D eigenvalue weighted by Crippen LogP contribution is -2.24. The van der Waals surface area contributed by atoms with Crippen LogP contribution in [0, 0.1) is 13.8 Å². The van der Waals surface area contributed by atoms with E-state index in [0.29, 0.717) is 22.8 Å². The van der Waals surface area contributed by atoms with Gasteiger partial charge in [0.05, 0.1) is 11.3 Å². The zero-order chi connectivity index (χ0) is 21.8. The second-order valence-electron chi connectivity index (χ2n) is 7.55. The second-order valence-corrected chi connectivity index (χ2v) is 7.99. The van der Waals surface area contributed by atoms with E-state index in [-0.39, 0.29) is 5.91 Å². The topological polar surface area (TPSA) is 54.9 Å². The summed E-state index contributed by atoms with van der Waals surface area (Å²) in [5.74, 6) is -0.197. The van der Waals surface area contributed by atoms with Crippen molar-refractivity contribution < 1.29 is 4.79 Å². The number of carbonyl (C=O) groups is 1. The molecule has 0 radical (unpaired) electrons. The van der Waals surface area contributed by atoms with Crippen LogP contribution in [-0.4, -0.2) is 15.9 Å². The van der Waals surface area contributed by atoms with Gasteiger partial charge in [-0.3, -0.25) is 14.8 Å². The molecule has 31 heavy (non-hydrogen) atoms. The van der Waals surface area contributed by atoms with Gasteiger partial charge in [-0.1, -0.05) is 53.1 Å². The van der Waals surface area contributed by atoms with Gasteiger partial charge in [-0.25, -0.2) is 0 Å². The van der Waals surface area contributed by atoms with Crippen molar-refractivity contribution in [2.45, 2.75) is 20.4 Å². The van der Waals surface area contributed by atoms with Crippen molar-refractivity contribution in [1.29, 1.82) is 0 Å². The minimum absolute atomic E-state index is 0.197. The Morgan fingerprint density at radius 2 is 1.71 bits per heavy atom. The van der Waals surface area contributed by atoms with Gasteiger partial charge in [0, 0.05) is 41.3 Å². The van der Waals surface area contributed by atoms with E-state index in [2.05, 4.69) is 47.3 Å². The van der Waals surface area contributed by atoms with Gasteiger partial charge in [-0.15, -0.1) is 0 Å². The highest BCUT2D eigenvalue weighted by Gasteiger charge is 2.16. The van der Waals surface area contributed by atoms with Crippen LogP contribution in [0.15, 0.2) is 79.3 Å². The molecule has 4 aromatic rings. The summed E-state index contributed by atoms with van der Waals surface area (Å²) in [6, 6.07) is 19.4. The Balaban J connectivity index is 1.72. The third-order valence-corrected chi connectivity index (χ3v) is 5.20. The molecule has 0 bridgehead atoms. The Hall–Kier alpha value is -3.50. The van der Waals surface area contributed by atoms with E-state index in [4.69, 9.17) is 11.6 Å². The molecule has 0 aliphatic rings.